The molecule has 0 spiro atoms. The van der Waals surface area contributed by atoms with Gasteiger partial charge >= 0.3 is 11.8 Å². The quantitative estimate of drug-likeness (QED) is 0.744. The number of thioether (sulfide) groups is 1. The number of ether oxygens (including phenoxy) is 1. The number of nitrogens with one attached hydrogen (secondary N) is 2. The van der Waals surface area contributed by atoms with Crippen molar-refractivity contribution in [2.24, 2.45) is 13.0 Å². The summed E-state index contributed by atoms with van der Waals surface area (Å²) in [5, 5.41) is 5.99. The molecule has 2 aromatic rings. The highest BCUT2D eigenvalue weighted by Crippen LogP contribution is 2.37. The Morgan fingerprint density at radius 3 is 2.84 bits per heavy atom. The number of aryl methyl sites for hydroxylation is 1. The van der Waals surface area contributed by atoms with Crippen LogP contribution >= 0.6 is 11.8 Å². The van der Waals surface area contributed by atoms with E-state index in [1.54, 1.807) is 23.6 Å². The van der Waals surface area contributed by atoms with Crippen LogP contribution in [0.2, 0.25) is 0 Å². The molecular formula is C18H25N4O2S+. The average molecular weight is 361 g/mol. The predicted molar refractivity (Wildman–Crippen MR) is 99.6 cm³/mol. The van der Waals surface area contributed by atoms with Crippen molar-refractivity contribution in [1.29, 1.82) is 0 Å². The van der Waals surface area contributed by atoms with Gasteiger partial charge in [-0.3, -0.25) is 10.1 Å². The molecule has 0 bridgehead atoms. The van der Waals surface area contributed by atoms with E-state index in [0.29, 0.717) is 11.8 Å². The van der Waals surface area contributed by atoms with Crippen LogP contribution in [0.25, 0.3) is 11.4 Å². The van der Waals surface area contributed by atoms with Crippen LogP contribution in [0.3, 0.4) is 0 Å². The van der Waals surface area contributed by atoms with Crippen LogP contribution in [0.4, 0.5) is 5.95 Å². The molecular weight excluding hydrogens is 336 g/mol. The lowest BCUT2D eigenvalue weighted by atomic mass is 10.2. The zero-order chi connectivity index (χ0) is 18.0. The summed E-state index contributed by atoms with van der Waals surface area (Å²) in [6, 6.07) is 7.68. The first-order valence-electron chi connectivity index (χ1n) is 8.45. The number of hydrogen-bond acceptors (Lipinski definition) is 4. The van der Waals surface area contributed by atoms with Crippen molar-refractivity contribution < 1.29 is 14.2 Å². The summed E-state index contributed by atoms with van der Waals surface area (Å²) in [5.41, 5.74) is 0.867. The van der Waals surface area contributed by atoms with Crippen LogP contribution in [0.1, 0.15) is 26.7 Å². The second-order valence-electron chi connectivity index (χ2n) is 6.87. The van der Waals surface area contributed by atoms with Crippen molar-refractivity contribution in [2.45, 2.75) is 31.4 Å². The van der Waals surface area contributed by atoms with Crippen molar-refractivity contribution in [3.05, 3.63) is 24.3 Å². The molecule has 6 nitrogen and oxygen atoms in total. The molecule has 0 atom stereocenters. The van der Waals surface area contributed by atoms with Gasteiger partial charge < -0.3 is 4.74 Å². The maximum Gasteiger partial charge on any atom is 0.356 e. The van der Waals surface area contributed by atoms with E-state index >= 15 is 0 Å². The number of amides is 1. The summed E-state index contributed by atoms with van der Waals surface area (Å²) in [7, 11) is 3.49. The smallest absolute Gasteiger partial charge is 0.356 e. The molecule has 1 aliphatic rings. The number of carbonyl (C=O) groups is 1. The fourth-order valence-electron chi connectivity index (χ4n) is 2.48. The van der Waals surface area contributed by atoms with Crippen LogP contribution in [0.15, 0.2) is 24.3 Å². The Hall–Kier alpha value is -2.02. The van der Waals surface area contributed by atoms with Gasteiger partial charge in [0.25, 0.3) is 0 Å². The highest BCUT2D eigenvalue weighted by atomic mass is 32.2. The number of para-hydroxylation sites is 1. The Kier molecular flexibility index (Phi) is 5.03. The van der Waals surface area contributed by atoms with E-state index in [4.69, 9.17) is 4.74 Å². The largest absolute Gasteiger partial charge is 0.496 e. The molecule has 1 heterocycles. The Morgan fingerprint density at radius 2 is 2.16 bits per heavy atom. The van der Waals surface area contributed by atoms with Crippen molar-refractivity contribution in [3.63, 3.8) is 0 Å². The zero-order valence-corrected chi connectivity index (χ0v) is 15.9. The van der Waals surface area contributed by atoms with Gasteiger partial charge in [-0.15, -0.1) is 11.8 Å². The highest BCUT2D eigenvalue weighted by molar-refractivity contribution is 8.01. The van der Waals surface area contributed by atoms with Crippen LogP contribution in [-0.4, -0.2) is 33.6 Å². The zero-order valence-electron chi connectivity index (χ0n) is 15.1. The Morgan fingerprint density at radius 1 is 1.44 bits per heavy atom. The second kappa shape index (κ2) is 7.07. The SMILES string of the molecule is COc1ccccc1-c1nc(NC(=O)C(C)(C)SCC2CC2)[nH][n+]1C. The average Bonchev–Trinajstić information content (AvgIpc) is 3.35. The molecule has 134 valence electrons. The lowest BCUT2D eigenvalue weighted by Gasteiger charge is -2.21. The van der Waals surface area contributed by atoms with Crippen molar-refractivity contribution >= 4 is 23.6 Å². The first kappa shape index (κ1) is 17.8. The van der Waals surface area contributed by atoms with E-state index in [1.165, 1.54) is 12.8 Å². The van der Waals surface area contributed by atoms with Gasteiger partial charge in [0.1, 0.15) is 18.4 Å². The van der Waals surface area contributed by atoms with Gasteiger partial charge in [-0.1, -0.05) is 12.1 Å². The van der Waals surface area contributed by atoms with Gasteiger partial charge in [0, 0.05) is 4.98 Å². The molecule has 0 saturated heterocycles. The third kappa shape index (κ3) is 4.15. The monoisotopic (exact) mass is 361 g/mol. The van der Waals surface area contributed by atoms with Crippen molar-refractivity contribution in [2.75, 3.05) is 18.2 Å². The van der Waals surface area contributed by atoms with E-state index in [-0.39, 0.29) is 5.91 Å². The summed E-state index contributed by atoms with van der Waals surface area (Å²) < 4.78 is 6.69. The minimum atomic E-state index is -0.488. The normalized spacial score (nSPS) is 14.4. The number of aromatic nitrogens is 3. The van der Waals surface area contributed by atoms with Gasteiger partial charge in [-0.25, -0.2) is 0 Å². The number of rotatable bonds is 7. The molecule has 2 N–H and O–H groups in total. The van der Waals surface area contributed by atoms with Gasteiger partial charge in [-0.2, -0.15) is 9.78 Å². The third-order valence-corrected chi connectivity index (χ3v) is 5.86. The maximum atomic E-state index is 12.6. The van der Waals surface area contributed by atoms with Gasteiger partial charge in [-0.05, 0) is 50.5 Å². The minimum Gasteiger partial charge on any atom is -0.496 e. The number of aromatic amines is 1. The summed E-state index contributed by atoms with van der Waals surface area (Å²) in [6.45, 7) is 3.92. The van der Waals surface area contributed by atoms with Gasteiger partial charge in [0.2, 0.25) is 5.91 Å². The van der Waals surface area contributed by atoms with E-state index in [0.717, 1.165) is 23.0 Å². The van der Waals surface area contributed by atoms with E-state index in [1.807, 2.05) is 45.2 Å². The third-order valence-electron chi connectivity index (χ3n) is 4.31. The van der Waals surface area contributed by atoms with Crippen molar-refractivity contribution in [1.82, 2.24) is 10.1 Å². The van der Waals surface area contributed by atoms with Crippen molar-refractivity contribution in [3.8, 4) is 17.1 Å². The summed E-state index contributed by atoms with van der Waals surface area (Å²) in [5.74, 6) is 3.67. The standard InChI is InChI=1S/C18H24N4O2S/c1-18(2,25-11-12-9-10-12)16(23)20-17-19-15(22(3)21-17)13-7-5-6-8-14(13)24-4/h5-8,12H,9-11H2,1-4H3,(H,20,21,23)/p+1. The lowest BCUT2D eigenvalue weighted by Crippen LogP contribution is -2.36. The number of benzene rings is 1. The Bertz CT molecular complexity index is 768. The molecule has 0 unspecified atom stereocenters. The molecule has 1 aliphatic carbocycles. The highest BCUT2D eigenvalue weighted by Gasteiger charge is 2.33. The van der Waals surface area contributed by atoms with E-state index in [2.05, 4.69) is 15.4 Å². The summed E-state index contributed by atoms with van der Waals surface area (Å²) >= 11 is 1.71. The Balaban J connectivity index is 1.74. The van der Waals surface area contributed by atoms with Crippen LogP contribution < -0.4 is 14.7 Å². The van der Waals surface area contributed by atoms with Crippen LogP contribution in [0, 0.1) is 5.92 Å². The van der Waals surface area contributed by atoms with Crippen LogP contribution in [0.5, 0.6) is 5.75 Å². The van der Waals surface area contributed by atoms with Crippen LogP contribution in [-0.2, 0) is 11.8 Å². The molecule has 7 heteroatoms. The molecule has 0 aliphatic heterocycles. The van der Waals surface area contributed by atoms with Gasteiger partial charge in [0.15, 0.2) is 0 Å². The number of carbonyl (C=O) groups excluding carboxylic acids is 1. The molecule has 1 aromatic heterocycles. The number of H-pyrrole nitrogens is 1. The fourth-order valence-corrected chi connectivity index (χ4v) is 3.65. The fraction of sp³-hybridized carbons (Fsp3) is 0.500. The molecule has 0 radical (unpaired) electrons. The van der Waals surface area contributed by atoms with Gasteiger partial charge in [0.05, 0.1) is 11.9 Å². The summed E-state index contributed by atoms with van der Waals surface area (Å²) in [6.07, 6.45) is 2.59. The maximum absolute atomic E-state index is 12.6. The molecule has 3 rings (SSSR count). The first-order valence-corrected chi connectivity index (χ1v) is 9.44. The molecule has 25 heavy (non-hydrogen) atoms. The number of anilines is 1. The minimum absolute atomic E-state index is 0.0425. The lowest BCUT2D eigenvalue weighted by molar-refractivity contribution is -0.716. The second-order valence-corrected chi connectivity index (χ2v) is 8.52. The first-order chi connectivity index (χ1) is 11.9. The topological polar surface area (TPSA) is 70.9 Å². The molecule has 1 fully saturated rings. The van der Waals surface area contributed by atoms with E-state index < -0.39 is 4.75 Å². The van der Waals surface area contributed by atoms with E-state index in [9.17, 15) is 4.79 Å². The number of methoxy groups -OCH3 is 1. The molecule has 1 amide bonds. The number of nitrogens with zero attached hydrogens (tertiary/aromatic N) is 2. The molecule has 1 aromatic carbocycles. The predicted octanol–water partition coefficient (Wildman–Crippen LogP) is 2.77. The number of hydrogen-bond donors (Lipinski definition) is 2. The summed E-state index contributed by atoms with van der Waals surface area (Å²) in [4.78, 5) is 17.2. The molecule has 1 saturated carbocycles. The Labute approximate surface area is 152 Å².